The number of rotatable bonds is 7. The van der Waals surface area contributed by atoms with Crippen LogP contribution in [-0.4, -0.2) is 41.6 Å². The van der Waals surface area contributed by atoms with Crippen molar-refractivity contribution in [2.75, 3.05) is 33.2 Å². The first-order chi connectivity index (χ1) is 6.13. The minimum Gasteiger partial charge on any atom is -0.371 e. The number of hydrogen-bond acceptors (Lipinski definition) is 3. The molecule has 0 heterocycles. The van der Waals surface area contributed by atoms with Crippen LogP contribution in [0.25, 0.3) is 0 Å². The van der Waals surface area contributed by atoms with Gasteiger partial charge in [-0.05, 0) is 41.6 Å². The molecule has 0 saturated heterocycles. The first kappa shape index (κ1) is 13.5. The van der Waals surface area contributed by atoms with E-state index in [1.165, 1.54) is 0 Å². The Balaban J connectivity index is 4.38. The maximum absolute atomic E-state index is 5.70. The molecule has 0 spiro atoms. The van der Waals surface area contributed by atoms with Crippen LogP contribution in [0.15, 0.2) is 0 Å². The van der Waals surface area contributed by atoms with Crippen molar-refractivity contribution in [1.82, 2.24) is 0 Å². The normalized spacial score (nSPS) is 12.5. The molecular formula is C8H21O3PSi. The monoisotopic (exact) mass is 224 g/mol. The zero-order valence-electron chi connectivity index (χ0n) is 9.29. The molecule has 0 N–H and O–H groups in total. The molecule has 13 heavy (non-hydrogen) atoms. The Morgan fingerprint density at radius 3 is 1.31 bits per heavy atom. The Bertz CT molecular complexity index is 116. The van der Waals surface area contributed by atoms with Gasteiger partial charge in [0.05, 0.1) is 0 Å². The van der Waals surface area contributed by atoms with E-state index in [1.807, 2.05) is 20.8 Å². The largest absolute Gasteiger partial charge is 0.526 e. The second-order valence-electron chi connectivity index (χ2n) is 2.72. The summed E-state index contributed by atoms with van der Waals surface area (Å²) in [7, 11) is -2.60. The Kier molecular flexibility index (Phi) is 7.18. The van der Waals surface area contributed by atoms with Crippen molar-refractivity contribution in [3.05, 3.63) is 0 Å². The van der Waals surface area contributed by atoms with Gasteiger partial charge >= 0.3 is 8.47 Å². The van der Waals surface area contributed by atoms with E-state index >= 15 is 0 Å². The molecule has 0 amide bonds. The lowest BCUT2D eigenvalue weighted by Gasteiger charge is -2.31. The van der Waals surface area contributed by atoms with Crippen LogP contribution in [0.3, 0.4) is 0 Å². The van der Waals surface area contributed by atoms with E-state index in [0.29, 0.717) is 19.8 Å². The van der Waals surface area contributed by atoms with Crippen LogP contribution in [0.1, 0.15) is 20.8 Å². The van der Waals surface area contributed by atoms with Gasteiger partial charge in [0.1, 0.15) is 0 Å². The van der Waals surface area contributed by atoms with E-state index in [-0.39, 0.29) is 7.47 Å². The second-order valence-corrected chi connectivity index (χ2v) is 10.7. The summed E-state index contributed by atoms with van der Waals surface area (Å²) in [5, 5.41) is 0. The Labute approximate surface area is 83.7 Å². The zero-order chi connectivity index (χ0) is 10.3. The topological polar surface area (TPSA) is 27.7 Å². The summed E-state index contributed by atoms with van der Waals surface area (Å²) in [5.74, 6) is 0. The zero-order valence-corrected chi connectivity index (χ0v) is 11.2. The van der Waals surface area contributed by atoms with Crippen molar-refractivity contribution in [2.24, 2.45) is 0 Å². The van der Waals surface area contributed by atoms with Gasteiger partial charge in [0, 0.05) is 19.8 Å². The van der Waals surface area contributed by atoms with Crippen molar-refractivity contribution >= 4 is 15.9 Å². The Morgan fingerprint density at radius 2 is 1.15 bits per heavy atom. The van der Waals surface area contributed by atoms with E-state index in [9.17, 15) is 0 Å². The Morgan fingerprint density at radius 1 is 0.846 bits per heavy atom. The molecule has 0 aliphatic carbocycles. The Hall–Kier alpha value is 0.527. The molecule has 0 aromatic heterocycles. The molecule has 0 radical (unpaired) electrons. The van der Waals surface area contributed by atoms with Gasteiger partial charge in [0.2, 0.25) is 0 Å². The van der Waals surface area contributed by atoms with Crippen LogP contribution in [-0.2, 0) is 13.3 Å². The van der Waals surface area contributed by atoms with Gasteiger partial charge in [-0.3, -0.25) is 0 Å². The van der Waals surface area contributed by atoms with E-state index < -0.39 is 8.47 Å². The molecular weight excluding hydrogens is 203 g/mol. The maximum atomic E-state index is 5.70. The van der Waals surface area contributed by atoms with E-state index in [0.717, 1.165) is 0 Å². The minimum absolute atomic E-state index is 0.294. The highest BCUT2D eigenvalue weighted by molar-refractivity contribution is 7.90. The molecule has 0 atom stereocenters. The number of hydrogen-bond donors (Lipinski definition) is 0. The summed E-state index contributed by atoms with van der Waals surface area (Å²) in [5.41, 5.74) is 0. The van der Waals surface area contributed by atoms with Gasteiger partial charge in [0.15, 0.2) is 0 Å². The van der Waals surface area contributed by atoms with Gasteiger partial charge < -0.3 is 13.3 Å². The molecule has 0 aromatic carbocycles. The predicted octanol–water partition coefficient (Wildman–Crippen LogP) is 2.27. The molecule has 0 aromatic rings. The van der Waals surface area contributed by atoms with Crippen LogP contribution in [0.5, 0.6) is 0 Å². The standard InChI is InChI=1S/C8H21O3PSi/c1-6-9-13(10-7-2,11-8-3)12(4)5/h6-8H2,1-5H3. The summed E-state index contributed by atoms with van der Waals surface area (Å²) in [6.07, 6.45) is 0. The quantitative estimate of drug-likeness (QED) is 0.490. The van der Waals surface area contributed by atoms with Crippen molar-refractivity contribution in [3.8, 4) is 0 Å². The molecule has 5 heteroatoms. The van der Waals surface area contributed by atoms with E-state index in [4.69, 9.17) is 13.3 Å². The molecule has 0 aliphatic heterocycles. The summed E-state index contributed by atoms with van der Waals surface area (Å²) in [6, 6.07) is 0. The smallest absolute Gasteiger partial charge is 0.371 e. The van der Waals surface area contributed by atoms with Crippen LogP contribution < -0.4 is 0 Å². The molecule has 0 rings (SSSR count). The van der Waals surface area contributed by atoms with Crippen molar-refractivity contribution in [2.45, 2.75) is 20.8 Å². The average Bonchev–Trinajstić information content (AvgIpc) is 2.05. The van der Waals surface area contributed by atoms with Crippen molar-refractivity contribution in [1.29, 1.82) is 0 Å². The average molecular weight is 224 g/mol. The summed E-state index contributed by atoms with van der Waals surface area (Å²) >= 11 is 0. The van der Waals surface area contributed by atoms with E-state index in [2.05, 4.69) is 13.3 Å². The summed E-state index contributed by atoms with van der Waals surface area (Å²) in [4.78, 5) is 0. The van der Waals surface area contributed by atoms with Crippen LogP contribution >= 0.6 is 7.47 Å². The first-order valence-electron chi connectivity index (χ1n) is 4.72. The summed E-state index contributed by atoms with van der Waals surface area (Å²) in [6.45, 7) is 12.3. The third kappa shape index (κ3) is 4.04. The lowest BCUT2D eigenvalue weighted by molar-refractivity contribution is 0.0949. The third-order valence-corrected chi connectivity index (χ3v) is 9.03. The maximum Gasteiger partial charge on any atom is 0.526 e. The van der Waals surface area contributed by atoms with Crippen LogP contribution in [0.4, 0.5) is 0 Å². The van der Waals surface area contributed by atoms with Gasteiger partial charge in [-0.25, -0.2) is 0 Å². The van der Waals surface area contributed by atoms with Crippen LogP contribution in [0.2, 0.25) is 0 Å². The molecule has 80 valence electrons. The third-order valence-electron chi connectivity index (χ3n) is 1.53. The first-order valence-corrected chi connectivity index (χ1v) is 9.52. The highest BCUT2D eigenvalue weighted by atomic mass is 31.4. The van der Waals surface area contributed by atoms with Gasteiger partial charge in [-0.1, -0.05) is 0 Å². The molecule has 0 fully saturated rings. The SMILES string of the molecule is CCO[Si](OCC)(OCC)P(C)C. The molecule has 3 nitrogen and oxygen atoms in total. The highest BCUT2D eigenvalue weighted by Crippen LogP contribution is 2.41. The molecule has 0 bridgehead atoms. The van der Waals surface area contributed by atoms with Gasteiger partial charge in [0.25, 0.3) is 0 Å². The second kappa shape index (κ2) is 6.90. The molecule has 0 aliphatic rings. The van der Waals surface area contributed by atoms with Crippen LogP contribution in [0, 0.1) is 0 Å². The predicted molar refractivity (Wildman–Crippen MR) is 59.4 cm³/mol. The summed E-state index contributed by atoms with van der Waals surface area (Å²) < 4.78 is 17.1. The molecule has 0 saturated carbocycles. The highest BCUT2D eigenvalue weighted by Gasteiger charge is 2.44. The lowest BCUT2D eigenvalue weighted by atomic mass is 10.9. The lowest BCUT2D eigenvalue weighted by Crippen LogP contribution is -2.44. The van der Waals surface area contributed by atoms with Gasteiger partial charge in [-0.2, -0.15) is 0 Å². The fraction of sp³-hybridized carbons (Fsp3) is 1.00. The fourth-order valence-electron chi connectivity index (χ4n) is 1.06. The van der Waals surface area contributed by atoms with E-state index in [1.54, 1.807) is 0 Å². The van der Waals surface area contributed by atoms with Crippen molar-refractivity contribution in [3.63, 3.8) is 0 Å². The van der Waals surface area contributed by atoms with Crippen molar-refractivity contribution < 1.29 is 13.3 Å². The van der Waals surface area contributed by atoms with Gasteiger partial charge in [-0.15, -0.1) is 0 Å². The minimum atomic E-state index is -2.31. The molecule has 0 unspecified atom stereocenters. The fourth-order valence-corrected chi connectivity index (χ4v) is 6.66.